The molecular weight excluding hydrogens is 332 g/mol. The van der Waals surface area contributed by atoms with Gasteiger partial charge in [-0.3, -0.25) is 4.90 Å². The summed E-state index contributed by atoms with van der Waals surface area (Å²) in [5.74, 6) is 0.735. The molecule has 140 valence electrons. The van der Waals surface area contributed by atoms with Gasteiger partial charge >= 0.3 is 6.03 Å². The largest absolute Gasteiger partial charge is 0.379 e. The van der Waals surface area contributed by atoms with Gasteiger partial charge in [-0.25, -0.2) is 4.79 Å². The molecule has 0 radical (unpaired) electrons. The molecule has 1 saturated heterocycles. The number of carbonyl (C=O) groups excluding carboxylic acids is 1. The van der Waals surface area contributed by atoms with Gasteiger partial charge in [0.25, 0.3) is 0 Å². The van der Waals surface area contributed by atoms with Crippen LogP contribution in [0, 0.1) is 13.8 Å². The maximum atomic E-state index is 12.1. The Morgan fingerprint density at radius 1 is 1.12 bits per heavy atom. The fourth-order valence-corrected chi connectivity index (χ4v) is 3.05. The van der Waals surface area contributed by atoms with Crippen LogP contribution in [0.2, 0.25) is 0 Å². The van der Waals surface area contributed by atoms with Crippen LogP contribution in [0.1, 0.15) is 28.1 Å². The zero-order chi connectivity index (χ0) is 18.4. The third-order valence-corrected chi connectivity index (χ3v) is 4.66. The molecule has 7 nitrogen and oxygen atoms in total. The van der Waals surface area contributed by atoms with Crippen LogP contribution in [0.4, 0.5) is 4.79 Å². The highest BCUT2D eigenvalue weighted by molar-refractivity contribution is 5.73. The Labute approximate surface area is 153 Å². The molecule has 0 aliphatic carbocycles. The monoisotopic (exact) mass is 358 g/mol. The smallest absolute Gasteiger partial charge is 0.315 e. The van der Waals surface area contributed by atoms with Crippen LogP contribution in [-0.4, -0.2) is 42.4 Å². The van der Waals surface area contributed by atoms with Gasteiger partial charge in [-0.2, -0.15) is 0 Å². The number of urea groups is 1. The van der Waals surface area contributed by atoms with E-state index in [-0.39, 0.29) is 6.03 Å². The molecule has 2 aromatic rings. The molecule has 2 amide bonds. The Balaban J connectivity index is 1.51. The minimum absolute atomic E-state index is 0.203. The van der Waals surface area contributed by atoms with Gasteiger partial charge in [-0.1, -0.05) is 29.4 Å². The summed E-state index contributed by atoms with van der Waals surface area (Å²) in [4.78, 5) is 14.5. The van der Waals surface area contributed by atoms with Crippen molar-refractivity contribution in [1.82, 2.24) is 20.7 Å². The predicted molar refractivity (Wildman–Crippen MR) is 97.6 cm³/mol. The van der Waals surface area contributed by atoms with Crippen LogP contribution < -0.4 is 10.6 Å². The predicted octanol–water partition coefficient (Wildman–Crippen LogP) is 2.12. The van der Waals surface area contributed by atoms with Crippen molar-refractivity contribution in [2.45, 2.75) is 33.5 Å². The van der Waals surface area contributed by atoms with E-state index in [4.69, 9.17) is 9.26 Å². The van der Waals surface area contributed by atoms with E-state index < -0.39 is 0 Å². The molecule has 3 rings (SSSR count). The standard InChI is InChI=1S/C19H26N4O3/c1-14-18(15(2)26-22-14)12-21-19(24)20-11-16-5-3-4-6-17(16)13-23-7-9-25-10-8-23/h3-6H,7-13H2,1-2H3,(H2,20,21,24). The summed E-state index contributed by atoms with van der Waals surface area (Å²) in [7, 11) is 0. The number of benzene rings is 1. The molecule has 1 aliphatic heterocycles. The second-order valence-electron chi connectivity index (χ2n) is 6.50. The Morgan fingerprint density at radius 2 is 1.81 bits per heavy atom. The molecule has 7 heteroatoms. The van der Waals surface area contributed by atoms with Crippen molar-refractivity contribution in [2.75, 3.05) is 26.3 Å². The van der Waals surface area contributed by atoms with Gasteiger partial charge in [0, 0.05) is 38.3 Å². The first-order valence-electron chi connectivity index (χ1n) is 8.94. The van der Waals surface area contributed by atoms with Crippen LogP contribution >= 0.6 is 0 Å². The quantitative estimate of drug-likeness (QED) is 0.827. The number of hydrogen-bond donors (Lipinski definition) is 2. The number of carbonyl (C=O) groups is 1. The van der Waals surface area contributed by atoms with E-state index >= 15 is 0 Å². The molecule has 0 unspecified atom stereocenters. The first-order valence-corrected chi connectivity index (χ1v) is 8.94. The van der Waals surface area contributed by atoms with Gasteiger partial charge in [-0.15, -0.1) is 0 Å². The molecule has 2 heterocycles. The van der Waals surface area contributed by atoms with Crippen molar-refractivity contribution in [2.24, 2.45) is 0 Å². The zero-order valence-corrected chi connectivity index (χ0v) is 15.4. The molecular formula is C19H26N4O3. The number of hydrogen-bond acceptors (Lipinski definition) is 5. The molecule has 0 spiro atoms. The number of aromatic nitrogens is 1. The van der Waals surface area contributed by atoms with E-state index in [2.05, 4.69) is 32.8 Å². The molecule has 1 aromatic heterocycles. The summed E-state index contributed by atoms with van der Waals surface area (Å²) in [6.07, 6.45) is 0. The van der Waals surface area contributed by atoms with E-state index in [1.165, 1.54) is 5.56 Å². The normalized spacial score (nSPS) is 15.0. The summed E-state index contributed by atoms with van der Waals surface area (Å²) >= 11 is 0. The van der Waals surface area contributed by atoms with Crippen LogP contribution in [0.5, 0.6) is 0 Å². The number of amides is 2. The average molecular weight is 358 g/mol. The number of nitrogens with one attached hydrogen (secondary N) is 2. The van der Waals surface area contributed by atoms with Crippen molar-refractivity contribution in [3.8, 4) is 0 Å². The van der Waals surface area contributed by atoms with Crippen molar-refractivity contribution in [3.05, 3.63) is 52.4 Å². The Kier molecular flexibility index (Phi) is 6.25. The van der Waals surface area contributed by atoms with Gasteiger partial charge in [0.2, 0.25) is 0 Å². The van der Waals surface area contributed by atoms with Gasteiger partial charge in [0.15, 0.2) is 0 Å². The molecule has 0 saturated carbocycles. The zero-order valence-electron chi connectivity index (χ0n) is 15.4. The summed E-state index contributed by atoms with van der Waals surface area (Å²) in [6, 6.07) is 8.02. The van der Waals surface area contributed by atoms with Crippen LogP contribution in [0.25, 0.3) is 0 Å². The lowest BCUT2D eigenvalue weighted by atomic mass is 10.1. The van der Waals surface area contributed by atoms with E-state index in [9.17, 15) is 4.79 Å². The van der Waals surface area contributed by atoms with Gasteiger partial charge < -0.3 is 19.9 Å². The minimum Gasteiger partial charge on any atom is -0.379 e. The fraction of sp³-hybridized carbons (Fsp3) is 0.474. The van der Waals surface area contributed by atoms with E-state index in [0.717, 1.165) is 55.4 Å². The lowest BCUT2D eigenvalue weighted by molar-refractivity contribution is 0.0341. The molecule has 2 N–H and O–H groups in total. The van der Waals surface area contributed by atoms with Crippen molar-refractivity contribution in [1.29, 1.82) is 0 Å². The number of rotatable bonds is 6. The molecule has 1 fully saturated rings. The third-order valence-electron chi connectivity index (χ3n) is 4.66. The highest BCUT2D eigenvalue weighted by atomic mass is 16.5. The Morgan fingerprint density at radius 3 is 2.50 bits per heavy atom. The number of nitrogens with zero attached hydrogens (tertiary/aromatic N) is 2. The van der Waals surface area contributed by atoms with Crippen molar-refractivity contribution >= 4 is 6.03 Å². The second-order valence-corrected chi connectivity index (χ2v) is 6.50. The fourth-order valence-electron chi connectivity index (χ4n) is 3.05. The molecule has 0 atom stereocenters. The van der Waals surface area contributed by atoms with E-state index in [0.29, 0.717) is 13.1 Å². The number of ether oxygens (including phenoxy) is 1. The Bertz CT molecular complexity index is 719. The average Bonchev–Trinajstić information content (AvgIpc) is 2.98. The lowest BCUT2D eigenvalue weighted by Gasteiger charge is -2.27. The van der Waals surface area contributed by atoms with Gasteiger partial charge in [-0.05, 0) is 25.0 Å². The molecule has 0 bridgehead atoms. The van der Waals surface area contributed by atoms with Crippen molar-refractivity contribution < 1.29 is 14.1 Å². The third kappa shape index (κ3) is 4.83. The van der Waals surface area contributed by atoms with Crippen LogP contribution in [-0.2, 0) is 24.4 Å². The molecule has 1 aromatic carbocycles. The van der Waals surface area contributed by atoms with Gasteiger partial charge in [0.05, 0.1) is 18.9 Å². The first kappa shape index (κ1) is 18.4. The highest BCUT2D eigenvalue weighted by Crippen LogP contribution is 2.13. The first-order chi connectivity index (χ1) is 12.6. The lowest BCUT2D eigenvalue weighted by Crippen LogP contribution is -2.37. The summed E-state index contributed by atoms with van der Waals surface area (Å²) < 4.78 is 10.5. The van der Waals surface area contributed by atoms with Gasteiger partial charge in [0.1, 0.15) is 5.76 Å². The number of morpholine rings is 1. The highest BCUT2D eigenvalue weighted by Gasteiger charge is 2.13. The Hall–Kier alpha value is -2.38. The topological polar surface area (TPSA) is 79.6 Å². The maximum absolute atomic E-state index is 12.1. The summed E-state index contributed by atoms with van der Waals surface area (Å²) in [5, 5.41) is 9.69. The van der Waals surface area contributed by atoms with E-state index in [1.54, 1.807) is 0 Å². The van der Waals surface area contributed by atoms with Crippen LogP contribution in [0.15, 0.2) is 28.8 Å². The van der Waals surface area contributed by atoms with Crippen molar-refractivity contribution in [3.63, 3.8) is 0 Å². The number of aryl methyl sites for hydroxylation is 2. The SMILES string of the molecule is Cc1noc(C)c1CNC(=O)NCc1ccccc1CN1CCOCC1. The maximum Gasteiger partial charge on any atom is 0.315 e. The summed E-state index contributed by atoms with van der Waals surface area (Å²) in [5.41, 5.74) is 4.10. The van der Waals surface area contributed by atoms with Crippen LogP contribution in [0.3, 0.4) is 0 Å². The molecule has 26 heavy (non-hydrogen) atoms. The van der Waals surface area contributed by atoms with E-state index in [1.807, 2.05) is 26.0 Å². The molecule has 1 aliphatic rings. The second kappa shape index (κ2) is 8.82. The minimum atomic E-state index is -0.203. The summed E-state index contributed by atoms with van der Waals surface area (Å²) in [6.45, 7) is 8.94.